The number of carboxylic acids is 1. The second-order valence-corrected chi connectivity index (χ2v) is 3.77. The molecule has 0 aromatic heterocycles. The third-order valence-corrected chi connectivity index (χ3v) is 2.46. The third kappa shape index (κ3) is 4.32. The van der Waals surface area contributed by atoms with E-state index in [9.17, 15) is 4.79 Å². The molecule has 1 aromatic carbocycles. The van der Waals surface area contributed by atoms with Crippen molar-refractivity contribution in [2.24, 2.45) is 0 Å². The molecule has 0 bridgehead atoms. The first-order valence-corrected chi connectivity index (χ1v) is 5.57. The van der Waals surface area contributed by atoms with E-state index in [1.54, 1.807) is 6.07 Å². The smallest absolute Gasteiger partial charge is 0.305 e. The Kier molecular flexibility index (Phi) is 5.29. The normalized spacial score (nSPS) is 10.2. The van der Waals surface area contributed by atoms with Gasteiger partial charge in [-0.2, -0.15) is 0 Å². The molecule has 0 saturated heterocycles. The number of nitrogen functional groups attached to an aromatic ring is 1. The summed E-state index contributed by atoms with van der Waals surface area (Å²) in [5.74, 6) is -0.839. The fraction of sp³-hybridized carbons (Fsp3) is 0.417. The average molecular weight is 238 g/mol. The van der Waals surface area contributed by atoms with Crippen LogP contribution in [0.15, 0.2) is 24.3 Å². The minimum absolute atomic E-state index is 0.0553. The number of nitrogens with zero attached hydrogens (tertiary/aromatic N) is 1. The van der Waals surface area contributed by atoms with E-state index < -0.39 is 5.97 Å². The molecule has 0 aliphatic heterocycles. The molecule has 17 heavy (non-hydrogen) atoms. The van der Waals surface area contributed by atoms with Crippen molar-refractivity contribution < 1.29 is 15.0 Å². The molecule has 94 valence electrons. The Labute approximate surface area is 100 Å². The number of para-hydroxylation sites is 2. The van der Waals surface area contributed by atoms with E-state index in [1.165, 1.54) is 0 Å². The molecule has 4 N–H and O–H groups in total. The van der Waals surface area contributed by atoms with Crippen LogP contribution in [-0.2, 0) is 4.79 Å². The van der Waals surface area contributed by atoms with Crippen LogP contribution >= 0.6 is 0 Å². The summed E-state index contributed by atoms with van der Waals surface area (Å²) in [6, 6.07) is 7.33. The number of rotatable bonds is 7. The number of benzene rings is 1. The largest absolute Gasteiger partial charge is 0.481 e. The molecule has 0 amide bonds. The van der Waals surface area contributed by atoms with Gasteiger partial charge in [0.05, 0.1) is 17.8 Å². The number of carbonyl (C=O) groups is 1. The highest BCUT2D eigenvalue weighted by molar-refractivity contribution is 5.70. The van der Waals surface area contributed by atoms with Crippen molar-refractivity contribution in [3.05, 3.63) is 24.3 Å². The third-order valence-electron chi connectivity index (χ3n) is 2.46. The van der Waals surface area contributed by atoms with Crippen molar-refractivity contribution in [3.63, 3.8) is 0 Å². The standard InChI is InChI=1S/C12H18N2O3/c13-10-4-1-2-5-11(10)14(7-3-9-15)8-6-12(16)17/h1-2,4-5,15H,3,6-9,13H2,(H,16,17). The van der Waals surface area contributed by atoms with Crippen LogP contribution in [-0.4, -0.2) is 35.9 Å². The molecule has 0 heterocycles. The van der Waals surface area contributed by atoms with Gasteiger partial charge < -0.3 is 20.8 Å². The van der Waals surface area contributed by atoms with Gasteiger partial charge in [0.25, 0.3) is 0 Å². The van der Waals surface area contributed by atoms with Crippen LogP contribution in [0.3, 0.4) is 0 Å². The Hall–Kier alpha value is -1.75. The summed E-state index contributed by atoms with van der Waals surface area (Å²) in [6.45, 7) is 1.07. The molecule has 1 aromatic rings. The summed E-state index contributed by atoms with van der Waals surface area (Å²) in [4.78, 5) is 12.5. The maximum Gasteiger partial charge on any atom is 0.305 e. The molecule has 0 atom stereocenters. The first-order chi connectivity index (χ1) is 8.15. The van der Waals surface area contributed by atoms with Crippen LogP contribution < -0.4 is 10.6 Å². The molecule has 0 radical (unpaired) electrons. The summed E-state index contributed by atoms with van der Waals surface area (Å²) in [5.41, 5.74) is 7.29. The van der Waals surface area contributed by atoms with Crippen molar-refractivity contribution in [1.29, 1.82) is 0 Å². The van der Waals surface area contributed by atoms with Gasteiger partial charge >= 0.3 is 5.97 Å². The molecule has 5 heteroatoms. The Morgan fingerprint density at radius 3 is 2.59 bits per heavy atom. The lowest BCUT2D eigenvalue weighted by Crippen LogP contribution is -2.28. The summed E-state index contributed by atoms with van der Waals surface area (Å²) in [6.07, 6.45) is 0.647. The summed E-state index contributed by atoms with van der Waals surface area (Å²) in [5, 5.41) is 17.5. The van der Waals surface area contributed by atoms with Gasteiger partial charge in [0.1, 0.15) is 0 Å². The number of aliphatic hydroxyl groups is 1. The number of hydrogen-bond donors (Lipinski definition) is 3. The second kappa shape index (κ2) is 6.75. The SMILES string of the molecule is Nc1ccccc1N(CCCO)CCC(=O)O. The topological polar surface area (TPSA) is 86.8 Å². The molecule has 0 unspecified atom stereocenters. The summed E-state index contributed by atoms with van der Waals surface area (Å²) in [7, 11) is 0. The zero-order valence-electron chi connectivity index (χ0n) is 9.67. The predicted molar refractivity (Wildman–Crippen MR) is 67.0 cm³/mol. The van der Waals surface area contributed by atoms with Crippen molar-refractivity contribution in [3.8, 4) is 0 Å². The number of nitrogens with two attached hydrogens (primary N) is 1. The number of carboxylic acid groups (broad SMARTS) is 1. The van der Waals surface area contributed by atoms with Crippen molar-refractivity contribution in [2.45, 2.75) is 12.8 Å². The monoisotopic (exact) mass is 238 g/mol. The number of anilines is 2. The summed E-state index contributed by atoms with van der Waals surface area (Å²) >= 11 is 0. The first-order valence-electron chi connectivity index (χ1n) is 5.57. The van der Waals surface area contributed by atoms with E-state index in [-0.39, 0.29) is 13.0 Å². The van der Waals surface area contributed by atoms with E-state index in [1.807, 2.05) is 23.1 Å². The molecule has 5 nitrogen and oxygen atoms in total. The maximum absolute atomic E-state index is 10.6. The highest BCUT2D eigenvalue weighted by atomic mass is 16.4. The molecule has 0 aliphatic carbocycles. The minimum Gasteiger partial charge on any atom is -0.481 e. The summed E-state index contributed by atoms with van der Waals surface area (Å²) < 4.78 is 0. The highest BCUT2D eigenvalue weighted by Crippen LogP contribution is 2.22. The molecule has 0 fully saturated rings. The van der Waals surface area contributed by atoms with Gasteiger partial charge in [-0.25, -0.2) is 0 Å². The zero-order valence-corrected chi connectivity index (χ0v) is 9.67. The van der Waals surface area contributed by atoms with Gasteiger partial charge in [-0.3, -0.25) is 4.79 Å². The lowest BCUT2D eigenvalue weighted by molar-refractivity contribution is -0.136. The van der Waals surface area contributed by atoms with E-state index in [2.05, 4.69) is 0 Å². The Morgan fingerprint density at radius 1 is 1.29 bits per heavy atom. The van der Waals surface area contributed by atoms with E-state index in [4.69, 9.17) is 15.9 Å². The van der Waals surface area contributed by atoms with Crippen LogP contribution in [0.4, 0.5) is 11.4 Å². The Morgan fingerprint density at radius 2 is 2.00 bits per heavy atom. The van der Waals surface area contributed by atoms with Crippen LogP contribution in [0.2, 0.25) is 0 Å². The van der Waals surface area contributed by atoms with E-state index in [0.717, 1.165) is 5.69 Å². The highest BCUT2D eigenvalue weighted by Gasteiger charge is 2.10. The van der Waals surface area contributed by atoms with Gasteiger partial charge in [-0.1, -0.05) is 12.1 Å². The fourth-order valence-corrected chi connectivity index (χ4v) is 1.62. The average Bonchev–Trinajstić information content (AvgIpc) is 2.30. The van der Waals surface area contributed by atoms with Crippen LogP contribution in [0.5, 0.6) is 0 Å². The number of aliphatic carboxylic acids is 1. The van der Waals surface area contributed by atoms with Crippen molar-refractivity contribution >= 4 is 17.3 Å². The minimum atomic E-state index is -0.839. The molecule has 0 aliphatic rings. The van der Waals surface area contributed by atoms with Gasteiger partial charge in [0.2, 0.25) is 0 Å². The molecule has 1 rings (SSSR count). The lowest BCUT2D eigenvalue weighted by Gasteiger charge is -2.25. The predicted octanol–water partition coefficient (Wildman–Crippen LogP) is 0.932. The van der Waals surface area contributed by atoms with Gasteiger partial charge in [0, 0.05) is 19.7 Å². The molecular weight excluding hydrogens is 220 g/mol. The Bertz CT molecular complexity index is 369. The quantitative estimate of drug-likeness (QED) is 0.615. The van der Waals surface area contributed by atoms with Crippen LogP contribution in [0.1, 0.15) is 12.8 Å². The fourth-order valence-electron chi connectivity index (χ4n) is 1.62. The van der Waals surface area contributed by atoms with Crippen molar-refractivity contribution in [2.75, 3.05) is 30.3 Å². The number of hydrogen-bond acceptors (Lipinski definition) is 4. The van der Waals surface area contributed by atoms with Crippen LogP contribution in [0, 0.1) is 0 Å². The molecular formula is C12H18N2O3. The zero-order chi connectivity index (χ0) is 12.7. The second-order valence-electron chi connectivity index (χ2n) is 3.77. The number of aliphatic hydroxyl groups excluding tert-OH is 1. The van der Waals surface area contributed by atoms with Gasteiger partial charge in [-0.15, -0.1) is 0 Å². The first kappa shape index (κ1) is 13.3. The van der Waals surface area contributed by atoms with Crippen molar-refractivity contribution in [1.82, 2.24) is 0 Å². The van der Waals surface area contributed by atoms with Crippen LogP contribution in [0.25, 0.3) is 0 Å². The van der Waals surface area contributed by atoms with Gasteiger partial charge in [0.15, 0.2) is 0 Å². The lowest BCUT2D eigenvalue weighted by atomic mass is 10.2. The maximum atomic E-state index is 10.6. The van der Waals surface area contributed by atoms with E-state index in [0.29, 0.717) is 25.2 Å². The molecule has 0 spiro atoms. The molecule has 0 saturated carbocycles. The Balaban J connectivity index is 2.74. The van der Waals surface area contributed by atoms with E-state index >= 15 is 0 Å². The van der Waals surface area contributed by atoms with Gasteiger partial charge in [-0.05, 0) is 18.6 Å².